The normalized spacial score (nSPS) is 12.0. The zero-order chi connectivity index (χ0) is 15.4. The fourth-order valence-corrected chi connectivity index (χ4v) is 2.54. The van der Waals surface area contributed by atoms with E-state index in [1.807, 2.05) is 48.5 Å². The smallest absolute Gasteiger partial charge is 0.251 e. The molecule has 0 saturated heterocycles. The Balaban J connectivity index is 1.74. The number of pyridine rings is 1. The number of aromatic nitrogens is 1. The third kappa shape index (κ3) is 2.98. The van der Waals surface area contributed by atoms with Gasteiger partial charge < -0.3 is 5.32 Å². The molecule has 1 heterocycles. The summed E-state index contributed by atoms with van der Waals surface area (Å²) < 4.78 is 0. The van der Waals surface area contributed by atoms with Gasteiger partial charge in [0.15, 0.2) is 0 Å². The monoisotopic (exact) mass is 290 g/mol. The standard InChI is InChI=1S/C19H18N2O/c1-14(15-7-3-2-4-8-15)13-21-19(22)17-9-5-11-18-16(17)10-6-12-20-18/h2-12,14H,13H2,1H3,(H,21,22). The molecule has 1 aromatic heterocycles. The molecule has 1 amide bonds. The van der Waals surface area contributed by atoms with Gasteiger partial charge >= 0.3 is 0 Å². The van der Waals surface area contributed by atoms with Crippen molar-refractivity contribution in [2.24, 2.45) is 0 Å². The van der Waals surface area contributed by atoms with Crippen LogP contribution in [0.1, 0.15) is 28.8 Å². The first-order valence-electron chi connectivity index (χ1n) is 7.42. The molecular formula is C19H18N2O. The molecule has 1 N–H and O–H groups in total. The van der Waals surface area contributed by atoms with Gasteiger partial charge in [-0.2, -0.15) is 0 Å². The average molecular weight is 290 g/mol. The summed E-state index contributed by atoms with van der Waals surface area (Å²) in [6.45, 7) is 2.72. The van der Waals surface area contributed by atoms with Gasteiger partial charge in [-0.05, 0) is 29.7 Å². The predicted molar refractivity (Wildman–Crippen MR) is 88.9 cm³/mol. The lowest BCUT2D eigenvalue weighted by Gasteiger charge is -2.13. The molecule has 3 heteroatoms. The van der Waals surface area contributed by atoms with E-state index in [4.69, 9.17) is 0 Å². The van der Waals surface area contributed by atoms with E-state index in [0.29, 0.717) is 12.1 Å². The number of carbonyl (C=O) groups excluding carboxylic acids is 1. The molecule has 2 aromatic carbocycles. The summed E-state index contributed by atoms with van der Waals surface area (Å²) in [5, 5.41) is 3.91. The quantitative estimate of drug-likeness (QED) is 0.794. The number of amides is 1. The van der Waals surface area contributed by atoms with E-state index >= 15 is 0 Å². The Morgan fingerprint density at radius 2 is 1.86 bits per heavy atom. The summed E-state index contributed by atoms with van der Waals surface area (Å²) in [4.78, 5) is 16.7. The molecule has 0 spiro atoms. The number of benzene rings is 2. The molecule has 1 atom stereocenters. The van der Waals surface area contributed by atoms with E-state index < -0.39 is 0 Å². The van der Waals surface area contributed by atoms with Crippen LogP contribution in [0.15, 0.2) is 66.9 Å². The van der Waals surface area contributed by atoms with Crippen LogP contribution in [0.2, 0.25) is 0 Å². The van der Waals surface area contributed by atoms with E-state index in [1.54, 1.807) is 6.20 Å². The maximum atomic E-state index is 12.5. The summed E-state index contributed by atoms with van der Waals surface area (Å²) >= 11 is 0. The van der Waals surface area contributed by atoms with Crippen LogP contribution in [0.4, 0.5) is 0 Å². The molecule has 3 rings (SSSR count). The maximum absolute atomic E-state index is 12.5. The molecule has 110 valence electrons. The molecule has 0 aliphatic rings. The average Bonchev–Trinajstić information content (AvgIpc) is 2.59. The molecule has 0 saturated carbocycles. The molecule has 3 nitrogen and oxygen atoms in total. The fraction of sp³-hybridized carbons (Fsp3) is 0.158. The van der Waals surface area contributed by atoms with Gasteiger partial charge in [-0.3, -0.25) is 9.78 Å². The first kappa shape index (κ1) is 14.3. The maximum Gasteiger partial charge on any atom is 0.251 e. The lowest BCUT2D eigenvalue weighted by atomic mass is 10.0. The van der Waals surface area contributed by atoms with Crippen LogP contribution < -0.4 is 5.32 Å². The van der Waals surface area contributed by atoms with Crippen molar-refractivity contribution in [3.63, 3.8) is 0 Å². The van der Waals surface area contributed by atoms with Crippen molar-refractivity contribution in [2.75, 3.05) is 6.54 Å². The summed E-state index contributed by atoms with van der Waals surface area (Å²) in [6.07, 6.45) is 1.74. The predicted octanol–water partition coefficient (Wildman–Crippen LogP) is 3.77. The van der Waals surface area contributed by atoms with Crippen molar-refractivity contribution in [3.05, 3.63) is 78.0 Å². The van der Waals surface area contributed by atoms with Crippen LogP contribution in [0.5, 0.6) is 0 Å². The van der Waals surface area contributed by atoms with Crippen molar-refractivity contribution in [3.8, 4) is 0 Å². The Morgan fingerprint density at radius 3 is 2.68 bits per heavy atom. The Kier molecular flexibility index (Phi) is 4.15. The summed E-state index contributed by atoms with van der Waals surface area (Å²) in [7, 11) is 0. The third-order valence-corrected chi connectivity index (χ3v) is 3.83. The molecule has 0 radical (unpaired) electrons. The van der Waals surface area contributed by atoms with Crippen LogP contribution in [0, 0.1) is 0 Å². The fourth-order valence-electron chi connectivity index (χ4n) is 2.54. The first-order chi connectivity index (χ1) is 10.8. The number of hydrogen-bond acceptors (Lipinski definition) is 2. The molecule has 1 unspecified atom stereocenters. The van der Waals surface area contributed by atoms with Gasteiger partial charge in [0.25, 0.3) is 5.91 Å². The van der Waals surface area contributed by atoms with Gasteiger partial charge in [0.2, 0.25) is 0 Å². The zero-order valence-electron chi connectivity index (χ0n) is 12.5. The molecule has 3 aromatic rings. The number of nitrogens with one attached hydrogen (secondary N) is 1. The van der Waals surface area contributed by atoms with Crippen LogP contribution >= 0.6 is 0 Å². The topological polar surface area (TPSA) is 42.0 Å². The van der Waals surface area contributed by atoms with E-state index in [2.05, 4.69) is 29.4 Å². The van der Waals surface area contributed by atoms with Crippen LogP contribution in [-0.4, -0.2) is 17.4 Å². The van der Waals surface area contributed by atoms with Gasteiger partial charge in [0.05, 0.1) is 5.52 Å². The Morgan fingerprint density at radius 1 is 1.05 bits per heavy atom. The van der Waals surface area contributed by atoms with Crippen LogP contribution in [0.3, 0.4) is 0 Å². The van der Waals surface area contributed by atoms with Crippen molar-refractivity contribution in [2.45, 2.75) is 12.8 Å². The second-order valence-corrected chi connectivity index (χ2v) is 5.40. The second kappa shape index (κ2) is 6.39. The summed E-state index contributed by atoms with van der Waals surface area (Å²) in [6, 6.07) is 19.6. The van der Waals surface area contributed by atoms with E-state index in [9.17, 15) is 4.79 Å². The third-order valence-electron chi connectivity index (χ3n) is 3.83. The zero-order valence-corrected chi connectivity index (χ0v) is 12.5. The number of carbonyl (C=O) groups is 1. The van der Waals surface area contributed by atoms with Gasteiger partial charge in [0, 0.05) is 23.7 Å². The highest BCUT2D eigenvalue weighted by molar-refractivity contribution is 6.06. The Hall–Kier alpha value is -2.68. The second-order valence-electron chi connectivity index (χ2n) is 5.40. The number of nitrogens with zero attached hydrogens (tertiary/aromatic N) is 1. The molecule has 22 heavy (non-hydrogen) atoms. The molecular weight excluding hydrogens is 272 g/mol. The minimum atomic E-state index is -0.0543. The number of fused-ring (bicyclic) bond motifs is 1. The van der Waals surface area contributed by atoms with Gasteiger partial charge in [-0.25, -0.2) is 0 Å². The first-order valence-corrected chi connectivity index (χ1v) is 7.42. The van der Waals surface area contributed by atoms with Crippen LogP contribution in [0.25, 0.3) is 10.9 Å². The lowest BCUT2D eigenvalue weighted by Crippen LogP contribution is -2.27. The number of hydrogen-bond donors (Lipinski definition) is 1. The molecule has 0 aliphatic carbocycles. The largest absolute Gasteiger partial charge is 0.351 e. The minimum absolute atomic E-state index is 0.0543. The van der Waals surface area contributed by atoms with Gasteiger partial charge in [0.1, 0.15) is 0 Å². The molecule has 0 bridgehead atoms. The number of rotatable bonds is 4. The summed E-state index contributed by atoms with van der Waals surface area (Å²) in [5.74, 6) is 0.222. The SMILES string of the molecule is CC(CNC(=O)c1cccc2ncccc12)c1ccccc1. The van der Waals surface area contributed by atoms with E-state index in [-0.39, 0.29) is 11.8 Å². The molecule has 0 fully saturated rings. The molecule has 0 aliphatic heterocycles. The lowest BCUT2D eigenvalue weighted by molar-refractivity contribution is 0.0953. The highest BCUT2D eigenvalue weighted by Gasteiger charge is 2.12. The van der Waals surface area contributed by atoms with Crippen molar-refractivity contribution in [1.29, 1.82) is 0 Å². The van der Waals surface area contributed by atoms with Crippen molar-refractivity contribution >= 4 is 16.8 Å². The highest BCUT2D eigenvalue weighted by Crippen LogP contribution is 2.17. The van der Waals surface area contributed by atoms with E-state index in [1.165, 1.54) is 5.56 Å². The van der Waals surface area contributed by atoms with Crippen LogP contribution in [-0.2, 0) is 0 Å². The van der Waals surface area contributed by atoms with E-state index in [0.717, 1.165) is 10.9 Å². The minimum Gasteiger partial charge on any atom is -0.351 e. The highest BCUT2D eigenvalue weighted by atomic mass is 16.1. The Labute approximate surface area is 130 Å². The van der Waals surface area contributed by atoms with Gasteiger partial charge in [-0.15, -0.1) is 0 Å². The Bertz CT molecular complexity index is 778. The van der Waals surface area contributed by atoms with Gasteiger partial charge in [-0.1, -0.05) is 49.4 Å². The van der Waals surface area contributed by atoms with Crippen molar-refractivity contribution in [1.82, 2.24) is 10.3 Å². The summed E-state index contributed by atoms with van der Waals surface area (Å²) in [5.41, 5.74) is 2.74. The van der Waals surface area contributed by atoms with Crippen molar-refractivity contribution < 1.29 is 4.79 Å².